The third-order valence-electron chi connectivity index (χ3n) is 2.68. The summed E-state index contributed by atoms with van der Waals surface area (Å²) in [5, 5.41) is 10.1. The van der Waals surface area contributed by atoms with Crippen molar-refractivity contribution in [3.63, 3.8) is 0 Å². The molecule has 106 valence electrons. The number of aryl methyl sites for hydroxylation is 1. The van der Waals surface area contributed by atoms with E-state index in [1.807, 2.05) is 13.0 Å². The highest BCUT2D eigenvalue weighted by Gasteiger charge is 2.18. The molecule has 0 bridgehead atoms. The topological polar surface area (TPSA) is 83.5 Å². The number of hydrogen-bond donors (Lipinski definition) is 2. The molecule has 5 nitrogen and oxygen atoms in total. The average Bonchev–Trinajstić information content (AvgIpc) is 2.89. The Morgan fingerprint density at radius 3 is 2.70 bits per heavy atom. The van der Waals surface area contributed by atoms with Crippen LogP contribution in [0, 0.1) is 0 Å². The van der Waals surface area contributed by atoms with Crippen LogP contribution in [0.4, 0.5) is 5.69 Å². The smallest absolute Gasteiger partial charge is 0.345 e. The molecule has 0 saturated heterocycles. The van der Waals surface area contributed by atoms with Crippen molar-refractivity contribution < 1.29 is 18.3 Å². The summed E-state index contributed by atoms with van der Waals surface area (Å²) < 4.78 is 26.7. The van der Waals surface area contributed by atoms with Crippen LogP contribution in [0.1, 0.15) is 22.2 Å². The van der Waals surface area contributed by atoms with Crippen molar-refractivity contribution in [3.8, 4) is 0 Å². The zero-order valence-corrected chi connectivity index (χ0v) is 12.3. The molecule has 20 heavy (non-hydrogen) atoms. The van der Waals surface area contributed by atoms with E-state index < -0.39 is 16.0 Å². The first-order chi connectivity index (χ1) is 9.42. The minimum atomic E-state index is -3.75. The van der Waals surface area contributed by atoms with Gasteiger partial charge in [0.05, 0.1) is 4.90 Å². The molecule has 0 atom stereocenters. The van der Waals surface area contributed by atoms with Crippen molar-refractivity contribution in [2.75, 3.05) is 4.72 Å². The number of carbonyl (C=O) groups is 1. The molecule has 1 heterocycles. The monoisotopic (exact) mass is 311 g/mol. The molecule has 0 spiro atoms. The first-order valence-corrected chi connectivity index (χ1v) is 8.22. The largest absolute Gasteiger partial charge is 0.477 e. The number of anilines is 1. The summed E-state index contributed by atoms with van der Waals surface area (Å²) in [5.74, 6) is -1.13. The van der Waals surface area contributed by atoms with Crippen LogP contribution in [0.15, 0.2) is 40.6 Å². The molecule has 0 aliphatic carbocycles. The Balaban J connectivity index is 2.27. The van der Waals surface area contributed by atoms with Gasteiger partial charge in [0.15, 0.2) is 0 Å². The van der Waals surface area contributed by atoms with Crippen LogP contribution in [0.2, 0.25) is 0 Å². The Kier molecular flexibility index (Phi) is 4.10. The lowest BCUT2D eigenvalue weighted by Crippen LogP contribution is -2.12. The zero-order chi connectivity index (χ0) is 14.8. The van der Waals surface area contributed by atoms with Crippen LogP contribution < -0.4 is 4.72 Å². The summed E-state index contributed by atoms with van der Waals surface area (Å²) in [6.07, 6.45) is 0.803. The second-order valence-electron chi connectivity index (χ2n) is 4.11. The number of rotatable bonds is 5. The minimum Gasteiger partial charge on any atom is -0.477 e. The van der Waals surface area contributed by atoms with Gasteiger partial charge in [-0.3, -0.25) is 4.72 Å². The number of hydrogen-bond acceptors (Lipinski definition) is 4. The van der Waals surface area contributed by atoms with E-state index in [1.54, 1.807) is 18.2 Å². The molecule has 0 unspecified atom stereocenters. The van der Waals surface area contributed by atoms with Crippen LogP contribution in [0.5, 0.6) is 0 Å². The van der Waals surface area contributed by atoms with Crippen molar-refractivity contribution >= 4 is 33.0 Å². The van der Waals surface area contributed by atoms with Crippen LogP contribution in [-0.4, -0.2) is 19.5 Å². The molecular formula is C13H13NO4S2. The zero-order valence-electron chi connectivity index (χ0n) is 10.7. The van der Waals surface area contributed by atoms with E-state index in [-0.39, 0.29) is 9.77 Å². The van der Waals surface area contributed by atoms with Gasteiger partial charge < -0.3 is 5.11 Å². The van der Waals surface area contributed by atoms with Crippen molar-refractivity contribution in [2.45, 2.75) is 18.2 Å². The maximum absolute atomic E-state index is 12.1. The number of carboxylic acids is 1. The third-order valence-corrected chi connectivity index (χ3v) is 5.11. The van der Waals surface area contributed by atoms with Gasteiger partial charge >= 0.3 is 5.97 Å². The third kappa shape index (κ3) is 3.17. The maximum atomic E-state index is 12.1. The molecule has 2 N–H and O–H groups in total. The number of benzene rings is 1. The highest BCUT2D eigenvalue weighted by molar-refractivity contribution is 7.92. The molecule has 0 aliphatic heterocycles. The Morgan fingerprint density at radius 1 is 1.35 bits per heavy atom. The first-order valence-electron chi connectivity index (χ1n) is 5.86. The van der Waals surface area contributed by atoms with Gasteiger partial charge in [0.1, 0.15) is 4.88 Å². The normalized spacial score (nSPS) is 11.2. The van der Waals surface area contributed by atoms with E-state index in [4.69, 9.17) is 5.11 Å². The Morgan fingerprint density at radius 2 is 2.10 bits per heavy atom. The fourth-order valence-corrected chi connectivity index (χ4v) is 3.80. The number of aromatic carboxylic acids is 1. The summed E-state index contributed by atoms with van der Waals surface area (Å²) in [5.41, 5.74) is 1.48. The van der Waals surface area contributed by atoms with Gasteiger partial charge in [-0.1, -0.05) is 19.1 Å². The highest BCUT2D eigenvalue weighted by atomic mass is 32.2. The van der Waals surface area contributed by atoms with Gasteiger partial charge in [-0.05, 0) is 30.2 Å². The molecule has 1 aromatic carbocycles. The van der Waals surface area contributed by atoms with Crippen molar-refractivity contribution in [1.29, 1.82) is 0 Å². The molecule has 0 amide bonds. The van der Waals surface area contributed by atoms with Gasteiger partial charge in [0.25, 0.3) is 10.0 Å². The molecule has 0 saturated carbocycles. The Labute approximate surface area is 120 Å². The number of nitrogens with one attached hydrogen (secondary N) is 1. The second kappa shape index (κ2) is 5.64. The quantitative estimate of drug-likeness (QED) is 0.889. The fraction of sp³-hybridized carbons (Fsp3) is 0.154. The fourth-order valence-electron chi connectivity index (χ4n) is 1.64. The summed E-state index contributed by atoms with van der Waals surface area (Å²) in [4.78, 5) is 10.7. The summed E-state index contributed by atoms with van der Waals surface area (Å²) in [7, 11) is -3.75. The van der Waals surface area contributed by atoms with Crippen LogP contribution >= 0.6 is 11.3 Å². The second-order valence-corrected chi connectivity index (χ2v) is 6.70. The van der Waals surface area contributed by atoms with Gasteiger partial charge in [0, 0.05) is 11.1 Å². The Bertz CT molecular complexity index is 734. The number of carboxylic acid groups (broad SMARTS) is 1. The number of thiophene rings is 1. The maximum Gasteiger partial charge on any atom is 0.345 e. The van der Waals surface area contributed by atoms with Crippen LogP contribution in [0.3, 0.4) is 0 Å². The molecule has 2 rings (SSSR count). The first kappa shape index (κ1) is 14.5. The van der Waals surface area contributed by atoms with Crippen molar-refractivity contribution in [1.82, 2.24) is 0 Å². The van der Waals surface area contributed by atoms with E-state index in [0.717, 1.165) is 29.4 Å². The summed E-state index contributed by atoms with van der Waals surface area (Å²) in [6.45, 7) is 1.98. The SMILES string of the molecule is CCc1cccc(NS(=O)(=O)c2csc(C(=O)O)c2)c1. The molecule has 0 fully saturated rings. The highest BCUT2D eigenvalue weighted by Crippen LogP contribution is 2.22. The number of sulfonamides is 1. The van der Waals surface area contributed by atoms with Crippen LogP contribution in [-0.2, 0) is 16.4 Å². The van der Waals surface area contributed by atoms with E-state index in [9.17, 15) is 13.2 Å². The van der Waals surface area contributed by atoms with E-state index in [1.165, 1.54) is 5.38 Å². The van der Waals surface area contributed by atoms with Crippen molar-refractivity contribution in [3.05, 3.63) is 46.2 Å². The molecular weight excluding hydrogens is 298 g/mol. The summed E-state index contributed by atoms with van der Waals surface area (Å²) >= 11 is 0.884. The lowest BCUT2D eigenvalue weighted by atomic mass is 10.1. The predicted molar refractivity (Wildman–Crippen MR) is 77.9 cm³/mol. The molecule has 7 heteroatoms. The van der Waals surface area contributed by atoms with Gasteiger partial charge in [-0.15, -0.1) is 11.3 Å². The van der Waals surface area contributed by atoms with Gasteiger partial charge in [-0.25, -0.2) is 13.2 Å². The molecule has 0 aliphatic rings. The molecule has 0 radical (unpaired) electrons. The lowest BCUT2D eigenvalue weighted by molar-refractivity contribution is 0.0702. The van der Waals surface area contributed by atoms with E-state index in [0.29, 0.717) is 5.69 Å². The van der Waals surface area contributed by atoms with Crippen molar-refractivity contribution in [2.24, 2.45) is 0 Å². The lowest BCUT2D eigenvalue weighted by Gasteiger charge is -2.07. The average molecular weight is 311 g/mol. The molecule has 1 aromatic heterocycles. The minimum absolute atomic E-state index is 0.00677. The Hall–Kier alpha value is -1.86. The van der Waals surface area contributed by atoms with Crippen LogP contribution in [0.25, 0.3) is 0 Å². The summed E-state index contributed by atoms with van der Waals surface area (Å²) in [6, 6.07) is 8.24. The van der Waals surface area contributed by atoms with E-state index >= 15 is 0 Å². The predicted octanol–water partition coefficient (Wildman–Crippen LogP) is 2.81. The molecule has 2 aromatic rings. The standard InChI is InChI=1S/C13H13NO4S2/c1-2-9-4-3-5-10(6-9)14-20(17,18)11-7-12(13(15)16)19-8-11/h3-8,14H,2H2,1H3,(H,15,16). The van der Waals surface area contributed by atoms with Gasteiger partial charge in [-0.2, -0.15) is 0 Å². The van der Waals surface area contributed by atoms with E-state index in [2.05, 4.69) is 4.72 Å². The van der Waals surface area contributed by atoms with Gasteiger partial charge in [0.2, 0.25) is 0 Å².